The molecule has 0 fully saturated rings. The monoisotopic (exact) mass is 275 g/mol. The number of benzene rings is 1. The van der Waals surface area contributed by atoms with Crippen LogP contribution in [-0.4, -0.2) is 31.3 Å². The number of sulfone groups is 1. The summed E-state index contributed by atoms with van der Waals surface area (Å²) in [5.74, 6) is -1.25. The molecule has 0 saturated heterocycles. The molecular weight excluding hydrogens is 266 g/mol. The minimum absolute atomic E-state index is 0.170. The highest BCUT2D eigenvalue weighted by molar-refractivity contribution is 7.91. The highest BCUT2D eigenvalue weighted by Gasteiger charge is 2.31. The number of halogens is 1. The molecule has 1 aliphatic rings. The van der Waals surface area contributed by atoms with Crippen LogP contribution in [0.25, 0.3) is 0 Å². The summed E-state index contributed by atoms with van der Waals surface area (Å²) in [6.07, 6.45) is -0.245. The van der Waals surface area contributed by atoms with Crippen molar-refractivity contribution >= 4 is 33.1 Å². The first kappa shape index (κ1) is 12.2. The van der Waals surface area contributed by atoms with Gasteiger partial charge >= 0.3 is 5.97 Å². The van der Waals surface area contributed by atoms with Crippen LogP contribution in [-0.2, 0) is 14.6 Å². The van der Waals surface area contributed by atoms with E-state index < -0.39 is 21.8 Å². The molecule has 1 atom stereocenters. The van der Waals surface area contributed by atoms with E-state index in [1.54, 1.807) is 0 Å². The second-order valence-electron chi connectivity index (χ2n) is 3.86. The van der Waals surface area contributed by atoms with Gasteiger partial charge in [0.15, 0.2) is 9.84 Å². The van der Waals surface area contributed by atoms with E-state index in [2.05, 4.69) is 5.32 Å². The summed E-state index contributed by atoms with van der Waals surface area (Å²) in [7, 11) is -3.44. The van der Waals surface area contributed by atoms with Crippen molar-refractivity contribution in [1.29, 1.82) is 0 Å². The maximum Gasteiger partial charge on any atom is 0.305 e. The van der Waals surface area contributed by atoms with Gasteiger partial charge in [0.2, 0.25) is 0 Å². The van der Waals surface area contributed by atoms with Crippen molar-refractivity contribution in [2.45, 2.75) is 17.4 Å². The van der Waals surface area contributed by atoms with Crippen LogP contribution in [0.4, 0.5) is 5.69 Å². The van der Waals surface area contributed by atoms with Crippen molar-refractivity contribution in [3.05, 3.63) is 23.2 Å². The van der Waals surface area contributed by atoms with Crippen LogP contribution in [0.1, 0.15) is 6.42 Å². The van der Waals surface area contributed by atoms with E-state index in [9.17, 15) is 13.2 Å². The third-order valence-corrected chi connectivity index (χ3v) is 4.58. The first-order chi connectivity index (χ1) is 7.88. The van der Waals surface area contributed by atoms with Gasteiger partial charge in [-0.3, -0.25) is 4.79 Å². The molecule has 0 spiro atoms. The largest absolute Gasteiger partial charge is 0.481 e. The van der Waals surface area contributed by atoms with Gasteiger partial charge in [-0.1, -0.05) is 11.6 Å². The number of carbonyl (C=O) groups is 1. The molecule has 1 aromatic rings. The summed E-state index contributed by atoms with van der Waals surface area (Å²) in [6.45, 7) is 0. The van der Waals surface area contributed by atoms with Crippen LogP contribution in [0.5, 0.6) is 0 Å². The Morgan fingerprint density at radius 1 is 1.53 bits per heavy atom. The first-order valence-electron chi connectivity index (χ1n) is 4.89. The molecule has 0 amide bonds. The minimum Gasteiger partial charge on any atom is -0.481 e. The van der Waals surface area contributed by atoms with Gasteiger partial charge in [-0.15, -0.1) is 0 Å². The molecule has 2 rings (SSSR count). The third kappa shape index (κ3) is 2.53. The highest BCUT2D eigenvalue weighted by Crippen LogP contribution is 2.31. The number of hydrogen-bond donors (Lipinski definition) is 2. The van der Waals surface area contributed by atoms with Gasteiger partial charge in [0.05, 0.1) is 28.8 Å². The van der Waals surface area contributed by atoms with Crippen LogP contribution >= 0.6 is 11.6 Å². The van der Waals surface area contributed by atoms with Gasteiger partial charge in [0.25, 0.3) is 0 Å². The predicted molar refractivity (Wildman–Crippen MR) is 63.2 cm³/mol. The number of aliphatic carboxylic acids is 1. The SMILES string of the molecule is O=C(O)CC1CS(=O)(=O)c2ccc(Cl)cc2N1. The van der Waals surface area contributed by atoms with E-state index in [-0.39, 0.29) is 17.1 Å². The molecule has 92 valence electrons. The Labute approximate surface area is 103 Å². The molecule has 0 radical (unpaired) electrons. The molecule has 2 N–H and O–H groups in total. The average Bonchev–Trinajstić information content (AvgIpc) is 2.13. The summed E-state index contributed by atoms with van der Waals surface area (Å²) < 4.78 is 23.8. The van der Waals surface area contributed by atoms with E-state index in [4.69, 9.17) is 16.7 Å². The molecule has 0 aliphatic carbocycles. The standard InChI is InChI=1S/C10H10ClNO4S/c11-6-1-2-9-8(3-6)12-7(4-10(13)14)5-17(9,15)16/h1-3,7,12H,4-5H2,(H,13,14). The lowest BCUT2D eigenvalue weighted by Gasteiger charge is -2.25. The number of hydrogen-bond acceptors (Lipinski definition) is 4. The van der Waals surface area contributed by atoms with Crippen LogP contribution in [0, 0.1) is 0 Å². The fraction of sp³-hybridized carbons (Fsp3) is 0.300. The zero-order valence-electron chi connectivity index (χ0n) is 8.68. The molecule has 0 saturated carbocycles. The normalized spacial score (nSPS) is 21.4. The number of carboxylic acid groups (broad SMARTS) is 1. The summed E-state index contributed by atoms with van der Waals surface area (Å²) >= 11 is 5.77. The van der Waals surface area contributed by atoms with Gasteiger partial charge in [-0.05, 0) is 18.2 Å². The van der Waals surface area contributed by atoms with E-state index in [1.165, 1.54) is 18.2 Å². The Morgan fingerprint density at radius 3 is 2.88 bits per heavy atom. The molecular formula is C10H10ClNO4S. The lowest BCUT2D eigenvalue weighted by molar-refractivity contribution is -0.137. The number of nitrogens with one attached hydrogen (secondary N) is 1. The fourth-order valence-electron chi connectivity index (χ4n) is 1.82. The van der Waals surface area contributed by atoms with E-state index in [0.29, 0.717) is 10.7 Å². The Balaban J connectivity index is 2.41. The Hall–Kier alpha value is -1.27. The zero-order valence-corrected chi connectivity index (χ0v) is 10.3. The summed E-state index contributed by atoms with van der Waals surface area (Å²) in [5.41, 5.74) is 0.370. The lowest BCUT2D eigenvalue weighted by Crippen LogP contribution is -2.35. The number of carboxylic acids is 1. The maximum atomic E-state index is 11.9. The van der Waals surface area contributed by atoms with Crippen molar-refractivity contribution < 1.29 is 18.3 Å². The van der Waals surface area contributed by atoms with Crippen LogP contribution in [0.3, 0.4) is 0 Å². The predicted octanol–water partition coefficient (Wildman–Crippen LogP) is 1.38. The topological polar surface area (TPSA) is 83.5 Å². The smallest absolute Gasteiger partial charge is 0.305 e. The molecule has 1 aliphatic heterocycles. The molecule has 1 heterocycles. The van der Waals surface area contributed by atoms with Crippen molar-refractivity contribution in [1.82, 2.24) is 0 Å². The molecule has 0 bridgehead atoms. The van der Waals surface area contributed by atoms with Gasteiger partial charge in [-0.2, -0.15) is 0 Å². The number of anilines is 1. The molecule has 5 nitrogen and oxygen atoms in total. The van der Waals surface area contributed by atoms with E-state index >= 15 is 0 Å². The summed E-state index contributed by atoms with van der Waals surface area (Å²) in [5, 5.41) is 12.0. The maximum absolute atomic E-state index is 11.9. The minimum atomic E-state index is -3.44. The third-order valence-electron chi connectivity index (χ3n) is 2.48. The van der Waals surface area contributed by atoms with Gasteiger partial charge in [0, 0.05) is 5.02 Å². The van der Waals surface area contributed by atoms with Crippen molar-refractivity contribution in [2.24, 2.45) is 0 Å². The molecule has 1 aromatic carbocycles. The quantitative estimate of drug-likeness (QED) is 0.852. The van der Waals surface area contributed by atoms with Gasteiger partial charge in [0.1, 0.15) is 0 Å². The highest BCUT2D eigenvalue weighted by atomic mass is 35.5. The Bertz CT molecular complexity index is 570. The summed E-state index contributed by atoms with van der Waals surface area (Å²) in [6, 6.07) is 3.79. The number of fused-ring (bicyclic) bond motifs is 1. The summed E-state index contributed by atoms with van der Waals surface area (Å²) in [4.78, 5) is 10.8. The Kier molecular flexibility index (Phi) is 3.01. The molecule has 7 heteroatoms. The average molecular weight is 276 g/mol. The van der Waals surface area contributed by atoms with Crippen molar-refractivity contribution in [3.8, 4) is 0 Å². The molecule has 1 unspecified atom stereocenters. The fourth-order valence-corrected chi connectivity index (χ4v) is 3.63. The van der Waals surface area contributed by atoms with Crippen molar-refractivity contribution in [3.63, 3.8) is 0 Å². The second kappa shape index (κ2) is 4.19. The second-order valence-corrected chi connectivity index (χ2v) is 6.30. The first-order valence-corrected chi connectivity index (χ1v) is 6.92. The van der Waals surface area contributed by atoms with Crippen LogP contribution < -0.4 is 5.32 Å². The lowest BCUT2D eigenvalue weighted by atomic mass is 10.2. The van der Waals surface area contributed by atoms with Gasteiger partial charge in [-0.25, -0.2) is 8.42 Å². The van der Waals surface area contributed by atoms with E-state index in [1.807, 2.05) is 0 Å². The van der Waals surface area contributed by atoms with E-state index in [0.717, 1.165) is 0 Å². The zero-order chi connectivity index (χ0) is 12.6. The molecule has 17 heavy (non-hydrogen) atoms. The molecule has 0 aromatic heterocycles. The van der Waals surface area contributed by atoms with Crippen LogP contribution in [0.2, 0.25) is 5.02 Å². The van der Waals surface area contributed by atoms with Gasteiger partial charge < -0.3 is 10.4 Å². The van der Waals surface area contributed by atoms with Crippen molar-refractivity contribution in [2.75, 3.05) is 11.1 Å². The number of rotatable bonds is 2. The van der Waals surface area contributed by atoms with Crippen LogP contribution in [0.15, 0.2) is 23.1 Å². The Morgan fingerprint density at radius 2 is 2.24 bits per heavy atom.